The van der Waals surface area contributed by atoms with Gasteiger partial charge in [-0.3, -0.25) is 0 Å². The average molecular weight is 168 g/mol. The number of rotatable bonds is 3. The molecule has 12 heavy (non-hydrogen) atoms. The number of aromatic nitrogens is 4. The predicted octanol–water partition coefficient (Wildman–Crippen LogP) is -0.219. The van der Waals surface area contributed by atoms with Crippen LogP contribution in [0.1, 0.15) is 23.5 Å². The van der Waals surface area contributed by atoms with E-state index in [0.717, 1.165) is 12.8 Å². The number of carbonyl (C=O) groups is 1. The molecule has 2 rings (SSSR count). The molecule has 64 valence electrons. The minimum Gasteiger partial charge on any atom is -0.475 e. The van der Waals surface area contributed by atoms with Crippen LogP contribution in [0.15, 0.2) is 0 Å². The third kappa shape index (κ3) is 1.27. The van der Waals surface area contributed by atoms with Crippen LogP contribution in [0.2, 0.25) is 0 Å². The molecule has 0 amide bonds. The average Bonchev–Trinajstić information content (AvgIpc) is 2.66. The van der Waals surface area contributed by atoms with Gasteiger partial charge in [0.05, 0.1) is 0 Å². The molecule has 0 saturated heterocycles. The molecule has 0 atom stereocenters. The second-order valence-electron chi connectivity index (χ2n) is 2.93. The molecule has 0 unspecified atom stereocenters. The Hall–Kier alpha value is -1.46. The highest BCUT2D eigenvalue weighted by Crippen LogP contribution is 2.30. The van der Waals surface area contributed by atoms with Crippen molar-refractivity contribution >= 4 is 5.97 Å². The van der Waals surface area contributed by atoms with Crippen molar-refractivity contribution in [1.82, 2.24) is 20.2 Å². The number of carboxylic acids is 1. The molecule has 1 aromatic heterocycles. The van der Waals surface area contributed by atoms with Crippen molar-refractivity contribution in [2.24, 2.45) is 5.92 Å². The molecule has 6 heteroatoms. The standard InChI is InChI=1S/C6H8N4O2/c11-6(12)5-7-8-9-10(5)3-4-1-2-4/h4H,1-3H2,(H,11,12). The van der Waals surface area contributed by atoms with Crippen LogP contribution in [-0.2, 0) is 6.54 Å². The summed E-state index contributed by atoms with van der Waals surface area (Å²) in [5, 5.41) is 18.9. The molecule has 1 N–H and O–H groups in total. The highest BCUT2D eigenvalue weighted by atomic mass is 16.4. The molecule has 1 aliphatic carbocycles. The Bertz CT molecular complexity index is 304. The lowest BCUT2D eigenvalue weighted by Crippen LogP contribution is -2.12. The fourth-order valence-corrected chi connectivity index (χ4v) is 1.03. The second kappa shape index (κ2) is 2.54. The van der Waals surface area contributed by atoms with Gasteiger partial charge in [-0.2, -0.15) is 0 Å². The maximum Gasteiger partial charge on any atom is 0.375 e. The summed E-state index contributed by atoms with van der Waals surface area (Å²) in [6, 6.07) is 0. The number of tetrazole rings is 1. The third-order valence-electron chi connectivity index (χ3n) is 1.85. The Labute approximate surface area is 68.2 Å². The largest absolute Gasteiger partial charge is 0.475 e. The minimum absolute atomic E-state index is 0.0677. The quantitative estimate of drug-likeness (QED) is 0.674. The fraction of sp³-hybridized carbons (Fsp3) is 0.667. The van der Waals surface area contributed by atoms with Gasteiger partial charge in [-0.1, -0.05) is 0 Å². The van der Waals surface area contributed by atoms with Gasteiger partial charge in [0.25, 0.3) is 5.82 Å². The van der Waals surface area contributed by atoms with E-state index in [1.165, 1.54) is 4.68 Å². The van der Waals surface area contributed by atoms with Crippen LogP contribution in [0.3, 0.4) is 0 Å². The first-order chi connectivity index (χ1) is 5.77. The zero-order chi connectivity index (χ0) is 8.55. The molecule has 0 aliphatic heterocycles. The van der Waals surface area contributed by atoms with Crippen molar-refractivity contribution in [2.45, 2.75) is 19.4 Å². The molecular formula is C6H8N4O2. The Kier molecular flexibility index (Phi) is 1.53. The maximum atomic E-state index is 10.5. The molecule has 1 heterocycles. The lowest BCUT2D eigenvalue weighted by atomic mass is 10.4. The Morgan fingerprint density at radius 2 is 2.42 bits per heavy atom. The van der Waals surface area contributed by atoms with E-state index in [4.69, 9.17) is 5.11 Å². The summed E-state index contributed by atoms with van der Waals surface area (Å²) in [5.74, 6) is -0.561. The first-order valence-electron chi connectivity index (χ1n) is 3.77. The van der Waals surface area contributed by atoms with Crippen molar-refractivity contribution in [3.05, 3.63) is 5.82 Å². The normalized spacial score (nSPS) is 16.3. The van der Waals surface area contributed by atoms with Gasteiger partial charge in [0.1, 0.15) is 0 Å². The van der Waals surface area contributed by atoms with E-state index >= 15 is 0 Å². The van der Waals surface area contributed by atoms with E-state index in [1.54, 1.807) is 0 Å². The summed E-state index contributed by atoms with van der Waals surface area (Å²) in [6.45, 7) is 0.634. The van der Waals surface area contributed by atoms with E-state index in [9.17, 15) is 4.79 Å². The zero-order valence-corrected chi connectivity index (χ0v) is 6.34. The number of carboxylic acid groups (broad SMARTS) is 1. The van der Waals surface area contributed by atoms with Crippen LogP contribution in [0.5, 0.6) is 0 Å². The molecule has 0 aromatic carbocycles. The summed E-state index contributed by atoms with van der Waals surface area (Å²) in [4.78, 5) is 10.5. The van der Waals surface area contributed by atoms with Crippen molar-refractivity contribution in [3.8, 4) is 0 Å². The van der Waals surface area contributed by atoms with Crippen LogP contribution in [-0.4, -0.2) is 31.3 Å². The van der Waals surface area contributed by atoms with Crippen LogP contribution in [0, 0.1) is 5.92 Å². The van der Waals surface area contributed by atoms with E-state index in [0.29, 0.717) is 12.5 Å². The number of hydrogen-bond donors (Lipinski definition) is 1. The fourth-order valence-electron chi connectivity index (χ4n) is 1.03. The van der Waals surface area contributed by atoms with Gasteiger partial charge in [0.2, 0.25) is 0 Å². The number of aromatic carboxylic acids is 1. The second-order valence-corrected chi connectivity index (χ2v) is 2.93. The molecule has 6 nitrogen and oxygen atoms in total. The van der Waals surface area contributed by atoms with Crippen LogP contribution >= 0.6 is 0 Å². The van der Waals surface area contributed by atoms with Gasteiger partial charge in [-0.25, -0.2) is 9.48 Å². The SMILES string of the molecule is O=C(O)c1nnnn1CC1CC1. The van der Waals surface area contributed by atoms with Gasteiger partial charge in [-0.15, -0.1) is 5.10 Å². The van der Waals surface area contributed by atoms with Gasteiger partial charge < -0.3 is 5.11 Å². The van der Waals surface area contributed by atoms with Gasteiger partial charge in [0.15, 0.2) is 0 Å². The monoisotopic (exact) mass is 168 g/mol. The summed E-state index contributed by atoms with van der Waals surface area (Å²) in [6.07, 6.45) is 2.30. The van der Waals surface area contributed by atoms with E-state index in [-0.39, 0.29) is 5.82 Å². The van der Waals surface area contributed by atoms with Crippen molar-refractivity contribution in [2.75, 3.05) is 0 Å². The number of nitrogens with zero attached hydrogens (tertiary/aromatic N) is 4. The van der Waals surface area contributed by atoms with E-state index in [2.05, 4.69) is 15.5 Å². The summed E-state index contributed by atoms with van der Waals surface area (Å²) >= 11 is 0. The summed E-state index contributed by atoms with van der Waals surface area (Å²) in [7, 11) is 0. The lowest BCUT2D eigenvalue weighted by molar-refractivity contribution is 0.0675. The Balaban J connectivity index is 2.17. The lowest BCUT2D eigenvalue weighted by Gasteiger charge is -1.97. The predicted molar refractivity (Wildman–Crippen MR) is 37.5 cm³/mol. The maximum absolute atomic E-state index is 10.5. The topological polar surface area (TPSA) is 80.9 Å². The molecule has 1 fully saturated rings. The summed E-state index contributed by atoms with van der Waals surface area (Å²) < 4.78 is 1.35. The highest BCUT2D eigenvalue weighted by molar-refractivity contribution is 5.82. The van der Waals surface area contributed by atoms with Crippen molar-refractivity contribution < 1.29 is 9.90 Å². The van der Waals surface area contributed by atoms with Crippen LogP contribution < -0.4 is 0 Å². The van der Waals surface area contributed by atoms with Crippen LogP contribution in [0.25, 0.3) is 0 Å². The molecule has 1 aliphatic rings. The van der Waals surface area contributed by atoms with Crippen molar-refractivity contribution in [1.29, 1.82) is 0 Å². The Morgan fingerprint density at radius 3 is 3.00 bits per heavy atom. The molecule has 1 aromatic rings. The van der Waals surface area contributed by atoms with Gasteiger partial charge in [-0.05, 0) is 29.2 Å². The number of hydrogen-bond acceptors (Lipinski definition) is 4. The van der Waals surface area contributed by atoms with Crippen LogP contribution in [0.4, 0.5) is 0 Å². The van der Waals surface area contributed by atoms with Gasteiger partial charge >= 0.3 is 5.97 Å². The smallest absolute Gasteiger partial charge is 0.375 e. The van der Waals surface area contributed by atoms with Crippen molar-refractivity contribution in [3.63, 3.8) is 0 Å². The Morgan fingerprint density at radius 1 is 1.67 bits per heavy atom. The zero-order valence-electron chi connectivity index (χ0n) is 6.34. The van der Waals surface area contributed by atoms with Gasteiger partial charge in [0, 0.05) is 6.54 Å². The van der Waals surface area contributed by atoms with E-state index < -0.39 is 5.97 Å². The minimum atomic E-state index is -1.07. The highest BCUT2D eigenvalue weighted by Gasteiger charge is 2.25. The third-order valence-corrected chi connectivity index (χ3v) is 1.85. The molecule has 0 spiro atoms. The molecule has 1 saturated carbocycles. The van der Waals surface area contributed by atoms with E-state index in [1.807, 2.05) is 0 Å². The summed E-state index contributed by atoms with van der Waals surface area (Å²) in [5.41, 5.74) is 0. The molecular weight excluding hydrogens is 160 g/mol. The molecule has 0 radical (unpaired) electrons. The first-order valence-corrected chi connectivity index (χ1v) is 3.77. The first kappa shape index (κ1) is 7.20. The molecule has 0 bridgehead atoms.